The second-order valence-electron chi connectivity index (χ2n) is 8.21. The SMILES string of the molecule is CN=C(NCCN1C(=O)C2C3C=CC(C3)C2C1=O)NCc1ccc(C(=O)OC)c(OC)c1. The molecule has 1 saturated heterocycles. The Morgan fingerprint density at radius 1 is 1.12 bits per heavy atom. The number of nitrogens with one attached hydrogen (secondary N) is 2. The lowest BCUT2D eigenvalue weighted by Gasteiger charge is -2.19. The lowest BCUT2D eigenvalue weighted by molar-refractivity contribution is -0.140. The Balaban J connectivity index is 1.28. The number of carbonyl (C=O) groups is 3. The van der Waals surface area contributed by atoms with E-state index in [1.807, 2.05) is 0 Å². The van der Waals surface area contributed by atoms with Gasteiger partial charge in [0.1, 0.15) is 11.3 Å². The first kappa shape index (κ1) is 21.9. The number of nitrogens with zero attached hydrogens (tertiary/aromatic N) is 2. The van der Waals surface area contributed by atoms with Gasteiger partial charge >= 0.3 is 5.97 Å². The van der Waals surface area contributed by atoms with E-state index in [0.29, 0.717) is 36.9 Å². The minimum absolute atomic E-state index is 0.0422. The van der Waals surface area contributed by atoms with Crippen LogP contribution in [-0.2, 0) is 20.9 Å². The van der Waals surface area contributed by atoms with Crippen LogP contribution in [0.3, 0.4) is 0 Å². The average molecular weight is 441 g/mol. The van der Waals surface area contributed by atoms with Gasteiger partial charge in [-0.15, -0.1) is 0 Å². The van der Waals surface area contributed by atoms with Crippen molar-refractivity contribution in [3.63, 3.8) is 0 Å². The average Bonchev–Trinajstić information content (AvgIpc) is 3.50. The number of imide groups is 1. The molecule has 3 aliphatic rings. The lowest BCUT2D eigenvalue weighted by atomic mass is 9.85. The lowest BCUT2D eigenvalue weighted by Crippen LogP contribution is -2.43. The van der Waals surface area contributed by atoms with E-state index in [4.69, 9.17) is 9.47 Å². The van der Waals surface area contributed by atoms with Crippen molar-refractivity contribution in [2.75, 3.05) is 34.4 Å². The first-order valence-electron chi connectivity index (χ1n) is 10.7. The zero-order valence-electron chi connectivity index (χ0n) is 18.5. The summed E-state index contributed by atoms with van der Waals surface area (Å²) in [5.41, 5.74) is 1.24. The van der Waals surface area contributed by atoms with Crippen LogP contribution in [0.2, 0.25) is 0 Å². The molecule has 0 aromatic heterocycles. The van der Waals surface area contributed by atoms with Crippen molar-refractivity contribution in [3.8, 4) is 5.75 Å². The van der Waals surface area contributed by atoms with Crippen molar-refractivity contribution < 1.29 is 23.9 Å². The number of allylic oxidation sites excluding steroid dienone is 2. The second kappa shape index (κ2) is 9.02. The van der Waals surface area contributed by atoms with Gasteiger partial charge in [0.25, 0.3) is 0 Å². The molecular weight excluding hydrogens is 412 g/mol. The highest BCUT2D eigenvalue weighted by molar-refractivity contribution is 6.06. The minimum atomic E-state index is -0.460. The van der Waals surface area contributed by atoms with Gasteiger partial charge in [0.05, 0.1) is 26.1 Å². The number of guanidine groups is 1. The number of aliphatic imine (C=N–C) groups is 1. The summed E-state index contributed by atoms with van der Waals surface area (Å²) >= 11 is 0. The van der Waals surface area contributed by atoms with E-state index in [0.717, 1.165) is 12.0 Å². The van der Waals surface area contributed by atoms with Gasteiger partial charge in [0, 0.05) is 26.7 Å². The summed E-state index contributed by atoms with van der Waals surface area (Å²) in [5, 5.41) is 6.33. The Labute approximate surface area is 186 Å². The van der Waals surface area contributed by atoms with Crippen molar-refractivity contribution >= 4 is 23.7 Å². The molecule has 4 unspecified atom stereocenters. The molecule has 2 amide bonds. The van der Waals surface area contributed by atoms with Gasteiger partial charge in [0.2, 0.25) is 11.8 Å². The third-order valence-electron chi connectivity index (χ3n) is 6.54. The minimum Gasteiger partial charge on any atom is -0.496 e. The van der Waals surface area contributed by atoms with Crippen molar-refractivity contribution in [2.24, 2.45) is 28.7 Å². The van der Waals surface area contributed by atoms with Gasteiger partial charge in [-0.05, 0) is 36.0 Å². The molecule has 1 aromatic rings. The summed E-state index contributed by atoms with van der Waals surface area (Å²) < 4.78 is 10.0. The molecule has 9 heteroatoms. The third kappa shape index (κ3) is 3.83. The Morgan fingerprint density at radius 3 is 2.41 bits per heavy atom. The van der Waals surface area contributed by atoms with Gasteiger partial charge in [-0.1, -0.05) is 18.2 Å². The van der Waals surface area contributed by atoms with Crippen LogP contribution in [0.25, 0.3) is 0 Å². The number of likely N-dealkylation sites (tertiary alicyclic amines) is 1. The van der Waals surface area contributed by atoms with Crippen LogP contribution in [0.4, 0.5) is 0 Å². The largest absolute Gasteiger partial charge is 0.496 e. The van der Waals surface area contributed by atoms with E-state index >= 15 is 0 Å². The third-order valence-corrected chi connectivity index (χ3v) is 6.54. The number of esters is 1. The normalized spacial score (nSPS) is 25.8. The van der Waals surface area contributed by atoms with Crippen LogP contribution in [0, 0.1) is 23.7 Å². The van der Waals surface area contributed by atoms with E-state index in [-0.39, 0.29) is 35.5 Å². The molecule has 32 heavy (non-hydrogen) atoms. The predicted octanol–water partition coefficient (Wildman–Crippen LogP) is 0.954. The Hall–Kier alpha value is -3.36. The summed E-state index contributed by atoms with van der Waals surface area (Å²) in [6.07, 6.45) is 5.12. The van der Waals surface area contributed by atoms with E-state index < -0.39 is 5.97 Å². The number of hydrogen-bond donors (Lipinski definition) is 2. The first-order chi connectivity index (χ1) is 15.5. The molecule has 2 aliphatic carbocycles. The maximum Gasteiger partial charge on any atom is 0.341 e. The second-order valence-corrected chi connectivity index (χ2v) is 8.21. The number of methoxy groups -OCH3 is 2. The Kier molecular flexibility index (Phi) is 6.16. The van der Waals surface area contributed by atoms with Crippen LogP contribution >= 0.6 is 0 Å². The molecule has 9 nitrogen and oxygen atoms in total. The van der Waals surface area contributed by atoms with Crippen LogP contribution in [0.1, 0.15) is 22.3 Å². The van der Waals surface area contributed by atoms with Crippen molar-refractivity contribution in [2.45, 2.75) is 13.0 Å². The molecule has 1 aromatic carbocycles. The highest BCUT2D eigenvalue weighted by atomic mass is 16.5. The number of hydrogen-bond acceptors (Lipinski definition) is 6. The van der Waals surface area contributed by atoms with E-state index in [1.54, 1.807) is 25.2 Å². The monoisotopic (exact) mass is 440 g/mol. The van der Waals surface area contributed by atoms with E-state index in [2.05, 4.69) is 27.8 Å². The van der Waals surface area contributed by atoms with Crippen LogP contribution < -0.4 is 15.4 Å². The topological polar surface area (TPSA) is 109 Å². The summed E-state index contributed by atoms with van der Waals surface area (Å²) in [6, 6.07) is 5.22. The van der Waals surface area contributed by atoms with E-state index in [9.17, 15) is 14.4 Å². The Bertz CT molecular complexity index is 959. The smallest absolute Gasteiger partial charge is 0.341 e. The van der Waals surface area contributed by atoms with Gasteiger partial charge in [-0.3, -0.25) is 19.5 Å². The summed E-state index contributed by atoms with van der Waals surface area (Å²) in [5.74, 6) is 0.529. The van der Waals surface area contributed by atoms with Crippen molar-refractivity contribution in [1.82, 2.24) is 15.5 Å². The number of benzene rings is 1. The molecule has 2 fully saturated rings. The standard InChI is InChI=1S/C23H28N4O5/c1-24-23(26-12-13-4-7-16(22(30)32-3)17(10-13)31-2)25-8-9-27-20(28)18-14-5-6-15(11-14)19(18)21(27)29/h4-7,10,14-15,18-19H,8-9,11-12H2,1-3H3,(H2,24,25,26). The number of fused-ring (bicyclic) bond motifs is 5. The summed E-state index contributed by atoms with van der Waals surface area (Å²) in [7, 11) is 4.47. The molecule has 1 saturated carbocycles. The van der Waals surface area contributed by atoms with E-state index in [1.165, 1.54) is 19.1 Å². The number of ether oxygens (including phenoxy) is 2. The molecule has 0 radical (unpaired) electrons. The maximum atomic E-state index is 12.8. The predicted molar refractivity (Wildman–Crippen MR) is 117 cm³/mol. The molecule has 4 atom stereocenters. The first-order valence-corrected chi connectivity index (χ1v) is 10.7. The quantitative estimate of drug-likeness (QED) is 0.214. The van der Waals surface area contributed by atoms with Crippen LogP contribution in [0.5, 0.6) is 5.75 Å². The fourth-order valence-corrected chi connectivity index (χ4v) is 5.00. The number of rotatable bonds is 7. The number of amides is 2. The molecule has 2 N–H and O–H groups in total. The van der Waals surface area contributed by atoms with Crippen molar-refractivity contribution in [1.29, 1.82) is 0 Å². The van der Waals surface area contributed by atoms with Gasteiger partial charge in [-0.25, -0.2) is 4.79 Å². The zero-order chi connectivity index (χ0) is 22.8. The molecule has 1 aliphatic heterocycles. The fraction of sp³-hybridized carbons (Fsp3) is 0.478. The summed E-state index contributed by atoms with van der Waals surface area (Å²) in [4.78, 5) is 42.9. The van der Waals surface area contributed by atoms with Crippen molar-refractivity contribution in [3.05, 3.63) is 41.5 Å². The van der Waals surface area contributed by atoms with Gasteiger partial charge in [0.15, 0.2) is 5.96 Å². The fourth-order valence-electron chi connectivity index (χ4n) is 5.00. The van der Waals surface area contributed by atoms with Gasteiger partial charge in [-0.2, -0.15) is 0 Å². The highest BCUT2D eigenvalue weighted by Gasteiger charge is 2.58. The summed E-state index contributed by atoms with van der Waals surface area (Å²) in [6.45, 7) is 1.16. The molecule has 0 spiro atoms. The van der Waals surface area contributed by atoms with Gasteiger partial charge < -0.3 is 20.1 Å². The molecular formula is C23H28N4O5. The Morgan fingerprint density at radius 2 is 1.81 bits per heavy atom. The zero-order valence-corrected chi connectivity index (χ0v) is 18.5. The van der Waals surface area contributed by atoms with Crippen LogP contribution in [0.15, 0.2) is 35.3 Å². The maximum absolute atomic E-state index is 12.8. The number of carbonyl (C=O) groups excluding carboxylic acids is 3. The molecule has 2 bridgehead atoms. The molecule has 170 valence electrons. The van der Waals surface area contributed by atoms with Crippen LogP contribution in [-0.4, -0.2) is 63.0 Å². The molecule has 4 rings (SSSR count). The highest BCUT2D eigenvalue weighted by Crippen LogP contribution is 2.52. The molecule has 1 heterocycles.